The Kier molecular flexibility index (Phi) is 2.96. The molecule has 2 aliphatic heterocycles. The molecule has 24 heavy (non-hydrogen) atoms. The van der Waals surface area contributed by atoms with Gasteiger partial charge in [0.25, 0.3) is 11.7 Å². The number of fused-ring (bicyclic) bond motifs is 5. The molecule has 1 amide bonds. The van der Waals surface area contributed by atoms with Crippen molar-refractivity contribution in [1.82, 2.24) is 0 Å². The Morgan fingerprint density at radius 3 is 2.67 bits per heavy atom. The van der Waals surface area contributed by atoms with E-state index in [1.165, 1.54) is 11.9 Å². The van der Waals surface area contributed by atoms with Gasteiger partial charge >= 0.3 is 5.97 Å². The second kappa shape index (κ2) is 4.92. The summed E-state index contributed by atoms with van der Waals surface area (Å²) in [4.78, 5) is 37.0. The number of carbonyl (C=O) groups is 3. The summed E-state index contributed by atoms with van der Waals surface area (Å²) < 4.78 is 5.85. The van der Waals surface area contributed by atoms with Gasteiger partial charge in [-0.25, -0.2) is 0 Å². The topological polar surface area (TPSA) is 83.9 Å². The Labute approximate surface area is 137 Å². The molecule has 0 saturated carbocycles. The molecule has 0 aliphatic carbocycles. The van der Waals surface area contributed by atoms with Crippen molar-refractivity contribution in [3.05, 3.63) is 47.5 Å². The second-order valence-electron chi connectivity index (χ2n) is 5.81. The number of hydrogen-bond donors (Lipinski definition) is 1. The van der Waals surface area contributed by atoms with Crippen LogP contribution in [0.5, 0.6) is 5.75 Å². The predicted octanol–water partition coefficient (Wildman–Crippen LogP) is 2.42. The van der Waals surface area contributed by atoms with Crippen LogP contribution in [0.4, 0.5) is 5.69 Å². The molecule has 1 atom stereocenters. The van der Waals surface area contributed by atoms with Gasteiger partial charge in [0.2, 0.25) is 0 Å². The van der Waals surface area contributed by atoms with Crippen LogP contribution in [0.1, 0.15) is 28.4 Å². The number of nitrogens with zero attached hydrogens (tertiary/aromatic N) is 1. The highest BCUT2D eigenvalue weighted by molar-refractivity contribution is 6.52. The molecular weight excluding hydrogens is 310 g/mol. The first-order valence-corrected chi connectivity index (χ1v) is 7.46. The van der Waals surface area contributed by atoms with Gasteiger partial charge in [0.05, 0.1) is 17.7 Å². The number of Topliss-reactive ketones (excluding diaryl/α,β-unsaturated/α-hetero) is 1. The van der Waals surface area contributed by atoms with Crippen molar-refractivity contribution in [1.29, 1.82) is 0 Å². The molecule has 1 unspecified atom stereocenters. The third-order valence-electron chi connectivity index (χ3n) is 4.44. The molecule has 2 aromatic rings. The van der Waals surface area contributed by atoms with E-state index in [0.29, 0.717) is 17.0 Å². The maximum absolute atomic E-state index is 12.4. The summed E-state index contributed by atoms with van der Waals surface area (Å²) in [5, 5.41) is 9.22. The number of ether oxygens (including phenoxy) is 1. The first-order chi connectivity index (χ1) is 11.5. The minimum absolute atomic E-state index is 0.251. The highest BCUT2D eigenvalue weighted by Crippen LogP contribution is 2.48. The summed E-state index contributed by atoms with van der Waals surface area (Å²) in [6, 6.07) is 10.8. The van der Waals surface area contributed by atoms with Crippen LogP contribution < -0.4 is 9.64 Å². The molecule has 1 N–H and O–H groups in total. The van der Waals surface area contributed by atoms with Crippen molar-refractivity contribution in [3.63, 3.8) is 0 Å². The summed E-state index contributed by atoms with van der Waals surface area (Å²) >= 11 is 0. The minimum Gasteiger partial charge on any atom is -0.484 e. The summed E-state index contributed by atoms with van der Waals surface area (Å²) in [5.74, 6) is -1.71. The number of carbonyl (C=O) groups excluding carboxylic acids is 2. The molecule has 0 spiro atoms. The van der Waals surface area contributed by atoms with Crippen LogP contribution in [-0.2, 0) is 9.59 Å². The summed E-state index contributed by atoms with van der Waals surface area (Å²) in [7, 11) is 1.53. The number of carboxylic acids is 1. The maximum Gasteiger partial charge on any atom is 0.307 e. The quantitative estimate of drug-likeness (QED) is 0.858. The zero-order valence-electron chi connectivity index (χ0n) is 12.8. The van der Waals surface area contributed by atoms with E-state index < -0.39 is 23.8 Å². The number of benzene rings is 2. The summed E-state index contributed by atoms with van der Waals surface area (Å²) in [6.45, 7) is 0. The monoisotopic (exact) mass is 323 g/mol. The number of amides is 1. The molecule has 6 heteroatoms. The Morgan fingerprint density at radius 2 is 1.92 bits per heavy atom. The van der Waals surface area contributed by atoms with Crippen molar-refractivity contribution < 1.29 is 24.2 Å². The van der Waals surface area contributed by atoms with Gasteiger partial charge in [0.15, 0.2) is 0 Å². The third-order valence-corrected chi connectivity index (χ3v) is 4.44. The minimum atomic E-state index is -1.03. The van der Waals surface area contributed by atoms with Gasteiger partial charge < -0.3 is 14.7 Å². The first kappa shape index (κ1) is 14.4. The smallest absolute Gasteiger partial charge is 0.307 e. The van der Waals surface area contributed by atoms with Crippen LogP contribution in [0.25, 0.3) is 11.1 Å². The Balaban J connectivity index is 2.02. The number of para-hydroxylation sites is 1. The zero-order valence-corrected chi connectivity index (χ0v) is 12.8. The number of rotatable bonds is 2. The molecule has 4 rings (SSSR count). The molecule has 0 radical (unpaired) electrons. The van der Waals surface area contributed by atoms with Crippen molar-refractivity contribution in [2.24, 2.45) is 0 Å². The van der Waals surface area contributed by atoms with E-state index in [2.05, 4.69) is 0 Å². The lowest BCUT2D eigenvalue weighted by Crippen LogP contribution is -2.25. The van der Waals surface area contributed by atoms with E-state index in [4.69, 9.17) is 4.74 Å². The van der Waals surface area contributed by atoms with Gasteiger partial charge in [-0.1, -0.05) is 24.3 Å². The van der Waals surface area contributed by atoms with Crippen LogP contribution >= 0.6 is 0 Å². The number of carboxylic acid groups (broad SMARTS) is 1. The van der Waals surface area contributed by atoms with Crippen molar-refractivity contribution in [2.45, 2.75) is 12.5 Å². The largest absolute Gasteiger partial charge is 0.484 e. The predicted molar refractivity (Wildman–Crippen MR) is 85.2 cm³/mol. The van der Waals surface area contributed by atoms with E-state index in [1.54, 1.807) is 18.2 Å². The fourth-order valence-electron chi connectivity index (χ4n) is 3.37. The Hall–Kier alpha value is -3.15. The van der Waals surface area contributed by atoms with Crippen molar-refractivity contribution in [3.8, 4) is 16.9 Å². The zero-order chi connectivity index (χ0) is 17.0. The van der Waals surface area contributed by atoms with E-state index in [1.807, 2.05) is 18.2 Å². The summed E-state index contributed by atoms with van der Waals surface area (Å²) in [6.07, 6.45) is -1.10. The number of ketones is 1. The molecule has 2 aliphatic rings. The molecule has 6 nitrogen and oxygen atoms in total. The highest BCUT2D eigenvalue weighted by atomic mass is 16.5. The number of anilines is 1. The van der Waals surface area contributed by atoms with Gasteiger partial charge in [-0.05, 0) is 17.7 Å². The molecule has 2 heterocycles. The van der Waals surface area contributed by atoms with Gasteiger partial charge in [-0.2, -0.15) is 0 Å². The number of likely N-dealkylation sites (N-methyl/N-ethyl adjacent to an activating group) is 1. The van der Waals surface area contributed by atoms with Gasteiger partial charge in [-0.15, -0.1) is 0 Å². The molecule has 0 bridgehead atoms. The van der Waals surface area contributed by atoms with Gasteiger partial charge in [0.1, 0.15) is 11.9 Å². The lowest BCUT2D eigenvalue weighted by molar-refractivity contribution is -0.139. The third kappa shape index (κ3) is 1.86. The standard InChI is InChI=1S/C18H13NO5/c1-19-11-7-6-10-9-4-2-3-5-12(9)24-13(8-14(20)21)15(10)16(11)17(22)18(19)23/h2-7,13H,8H2,1H3,(H,20,21). The van der Waals surface area contributed by atoms with E-state index in [0.717, 1.165) is 11.1 Å². The average molecular weight is 323 g/mol. The van der Waals surface area contributed by atoms with E-state index >= 15 is 0 Å². The van der Waals surface area contributed by atoms with E-state index in [9.17, 15) is 19.5 Å². The normalized spacial score (nSPS) is 17.9. The van der Waals surface area contributed by atoms with Crippen molar-refractivity contribution in [2.75, 3.05) is 11.9 Å². The lowest BCUT2D eigenvalue weighted by Gasteiger charge is -2.29. The first-order valence-electron chi connectivity index (χ1n) is 7.46. The van der Waals surface area contributed by atoms with Crippen LogP contribution in [0, 0.1) is 0 Å². The van der Waals surface area contributed by atoms with Crippen molar-refractivity contribution >= 4 is 23.3 Å². The molecule has 120 valence electrons. The fourth-order valence-corrected chi connectivity index (χ4v) is 3.37. The van der Waals surface area contributed by atoms with E-state index in [-0.39, 0.29) is 12.0 Å². The molecule has 0 saturated heterocycles. The Bertz CT molecular complexity index is 918. The second-order valence-corrected chi connectivity index (χ2v) is 5.81. The maximum atomic E-state index is 12.4. The van der Waals surface area contributed by atoms with Gasteiger partial charge in [0, 0.05) is 18.2 Å². The van der Waals surface area contributed by atoms with Crippen LogP contribution in [0.2, 0.25) is 0 Å². The van der Waals surface area contributed by atoms with Crippen LogP contribution in [-0.4, -0.2) is 29.8 Å². The number of aliphatic carboxylic acids is 1. The van der Waals surface area contributed by atoms with Crippen LogP contribution in [0.3, 0.4) is 0 Å². The lowest BCUT2D eigenvalue weighted by atomic mass is 9.86. The molecule has 0 aromatic heterocycles. The SMILES string of the molecule is CN1C(=O)C(=O)c2c1ccc1c2C(CC(=O)O)Oc2ccccc2-1. The number of hydrogen-bond acceptors (Lipinski definition) is 4. The Morgan fingerprint density at radius 1 is 1.17 bits per heavy atom. The van der Waals surface area contributed by atoms with Crippen LogP contribution in [0.15, 0.2) is 36.4 Å². The highest BCUT2D eigenvalue weighted by Gasteiger charge is 2.41. The summed E-state index contributed by atoms with van der Waals surface area (Å²) in [5.41, 5.74) is 2.74. The molecule has 2 aromatic carbocycles. The molecule has 0 fully saturated rings. The fraction of sp³-hybridized carbons (Fsp3) is 0.167. The average Bonchev–Trinajstić information content (AvgIpc) is 2.79. The molecular formula is C18H13NO5. The van der Waals surface area contributed by atoms with Gasteiger partial charge in [-0.3, -0.25) is 14.4 Å².